The molecule has 0 fully saturated rings. The van der Waals surface area contributed by atoms with Crippen molar-refractivity contribution in [1.82, 2.24) is 0 Å². The number of fused-ring (bicyclic) bond motifs is 4. The Morgan fingerprint density at radius 3 is 1.44 bits per heavy atom. The number of anilines is 4. The molecular formula is C31H34Cl2N6S2. The minimum Gasteiger partial charge on any atom is -0.388 e. The Labute approximate surface area is 255 Å². The highest BCUT2D eigenvalue weighted by molar-refractivity contribution is 8.30. The van der Waals surface area contributed by atoms with E-state index in [4.69, 9.17) is 31.3 Å². The second kappa shape index (κ2) is 12.1. The van der Waals surface area contributed by atoms with Crippen LogP contribution < -0.4 is 30.7 Å². The van der Waals surface area contributed by atoms with Crippen LogP contribution >= 0.6 is 40.8 Å². The van der Waals surface area contributed by atoms with E-state index >= 15 is 0 Å². The molecule has 214 valence electrons. The van der Waals surface area contributed by atoms with Crippen LogP contribution in [-0.2, 0) is 0 Å². The minimum atomic E-state index is -0.469. The first-order valence-electron chi connectivity index (χ1n) is 13.1. The lowest BCUT2D eigenvalue weighted by atomic mass is 10.2. The number of benzene rings is 4. The molecule has 6 rings (SSSR count). The van der Waals surface area contributed by atoms with Gasteiger partial charge in [0, 0.05) is 90.9 Å². The van der Waals surface area contributed by atoms with Crippen molar-refractivity contribution >= 4 is 74.9 Å². The largest absolute Gasteiger partial charge is 0.388 e. The molecule has 10 heteroatoms. The Morgan fingerprint density at radius 1 is 0.561 bits per heavy atom. The summed E-state index contributed by atoms with van der Waals surface area (Å²) in [4.78, 5) is 17.9. The van der Waals surface area contributed by atoms with Crippen LogP contribution in [0.4, 0.5) is 34.1 Å². The first-order valence-corrected chi connectivity index (χ1v) is 17.2. The smallest absolute Gasteiger partial charge is 0.0781 e. The van der Waals surface area contributed by atoms with Crippen molar-refractivity contribution in [3.8, 4) is 0 Å². The predicted molar refractivity (Wildman–Crippen MR) is 181 cm³/mol. The summed E-state index contributed by atoms with van der Waals surface area (Å²) in [5.41, 5.74) is 6.45. The van der Waals surface area contributed by atoms with E-state index < -0.39 is 19.4 Å². The van der Waals surface area contributed by atoms with Gasteiger partial charge in [0.15, 0.2) is 0 Å². The quantitative estimate of drug-likeness (QED) is 0.237. The molecule has 2 aliphatic rings. The molecule has 4 aromatic carbocycles. The molecule has 0 radical (unpaired) electrons. The number of halogens is 2. The highest BCUT2D eigenvalue weighted by Crippen LogP contribution is 2.45. The van der Waals surface area contributed by atoms with Gasteiger partial charge in [0.25, 0.3) is 0 Å². The lowest BCUT2D eigenvalue weighted by Crippen LogP contribution is -2.13. The maximum atomic E-state index is 6.76. The third kappa shape index (κ3) is 5.97. The molecule has 0 aromatic heterocycles. The van der Waals surface area contributed by atoms with Gasteiger partial charge in [0.1, 0.15) is 0 Å². The third-order valence-electron chi connectivity index (χ3n) is 6.88. The van der Waals surface area contributed by atoms with E-state index in [2.05, 4.69) is 74.6 Å². The van der Waals surface area contributed by atoms with Crippen molar-refractivity contribution in [3.63, 3.8) is 0 Å². The molecule has 0 aliphatic carbocycles. The average molecular weight is 626 g/mol. The molecule has 1 N–H and O–H groups in total. The van der Waals surface area contributed by atoms with Crippen molar-refractivity contribution in [2.45, 2.75) is 9.79 Å². The molecule has 2 heterocycles. The van der Waals surface area contributed by atoms with Crippen LogP contribution in [0.5, 0.6) is 0 Å². The second-order valence-electron chi connectivity index (χ2n) is 10.3. The van der Waals surface area contributed by atoms with Gasteiger partial charge in [-0.05, 0) is 94.2 Å². The van der Waals surface area contributed by atoms with E-state index in [1.54, 1.807) is 0 Å². The van der Waals surface area contributed by atoms with E-state index in [-0.39, 0.29) is 0 Å². The molecule has 0 amide bonds. The minimum absolute atomic E-state index is 0.467. The first-order chi connectivity index (χ1) is 19.6. The van der Waals surface area contributed by atoms with E-state index in [0.29, 0.717) is 0 Å². The number of hydrogen-bond donors (Lipinski definition) is 1. The lowest BCUT2D eigenvalue weighted by Gasteiger charge is -2.18. The fraction of sp³-hybridized carbons (Fsp3) is 0.226. The standard InChI is InChI=1S/C16H18ClN3S.C15H16ClN3S/c1-19(2)11-5-7-13-15(9-11)21(17)16-10-12(20(3)4)6-8-14(16)18-13;1-17-10-4-6-12-14(8-10)20(16)15-9-11(19(2)3)5-7-13(15)18-12/h5-10H,1-4H3;4-9,17H,1-3H3. The normalized spacial score (nSPS) is 15.8. The average Bonchev–Trinajstić information content (AvgIpc) is 2.97. The topological polar surface area (TPSA) is 46.5 Å². The molecule has 0 saturated carbocycles. The monoisotopic (exact) mass is 624 g/mol. The third-order valence-corrected chi connectivity index (χ3v) is 11.7. The Bertz CT molecular complexity index is 1910. The second-order valence-corrected chi connectivity index (χ2v) is 14.9. The Kier molecular flexibility index (Phi) is 8.66. The molecule has 2 atom stereocenters. The van der Waals surface area contributed by atoms with Crippen molar-refractivity contribution in [2.24, 2.45) is 9.98 Å². The van der Waals surface area contributed by atoms with E-state index in [9.17, 15) is 0 Å². The van der Waals surface area contributed by atoms with Crippen molar-refractivity contribution < 1.29 is 0 Å². The molecule has 0 bridgehead atoms. The number of nitrogens with one attached hydrogen (secondary N) is 1. The van der Waals surface area contributed by atoms with Gasteiger partial charge in [-0.25, -0.2) is 9.98 Å². The van der Waals surface area contributed by atoms with E-state index in [0.717, 1.165) is 63.6 Å². The fourth-order valence-corrected chi connectivity index (χ4v) is 8.50. The number of hydrogen-bond acceptors (Lipinski definition) is 6. The van der Waals surface area contributed by atoms with Crippen LogP contribution in [0.1, 0.15) is 0 Å². The zero-order chi connectivity index (χ0) is 29.4. The number of rotatable bonds is 4. The highest BCUT2D eigenvalue weighted by Gasteiger charge is 2.14. The van der Waals surface area contributed by atoms with Gasteiger partial charge in [0.2, 0.25) is 0 Å². The maximum absolute atomic E-state index is 6.76. The summed E-state index contributed by atoms with van der Waals surface area (Å²) >= 11 is 0. The van der Waals surface area contributed by atoms with Gasteiger partial charge in [0.05, 0.1) is 22.1 Å². The van der Waals surface area contributed by atoms with Gasteiger partial charge in [-0.3, -0.25) is 0 Å². The SMILES string of the molecule is CN(C)c1ccc2c(c1)S(Cl)=c1cc(N(C)C)ccc1=N2.CNc1ccc2c(c1)=S(Cl)c1cc(N(C)C)ccc1N=2. The molecule has 0 spiro atoms. The molecule has 6 nitrogen and oxygen atoms in total. The summed E-state index contributed by atoms with van der Waals surface area (Å²) in [5.74, 6) is 0. The Hall–Kier alpha value is -3.04. The Balaban J connectivity index is 0.000000165. The van der Waals surface area contributed by atoms with E-state index in [1.165, 1.54) is 0 Å². The summed E-state index contributed by atoms with van der Waals surface area (Å²) in [6, 6.07) is 24.9. The van der Waals surface area contributed by atoms with Gasteiger partial charge in [-0.1, -0.05) is 19.4 Å². The summed E-state index contributed by atoms with van der Waals surface area (Å²) in [6.07, 6.45) is 0. The van der Waals surface area contributed by atoms with Crippen LogP contribution in [-0.4, -0.2) is 49.3 Å². The summed E-state index contributed by atoms with van der Waals surface area (Å²) in [5, 5.41) is 5.09. The van der Waals surface area contributed by atoms with Gasteiger partial charge < -0.3 is 20.0 Å². The van der Waals surface area contributed by atoms with Crippen LogP contribution in [0.25, 0.3) is 0 Å². The molecule has 4 aromatic rings. The van der Waals surface area contributed by atoms with Crippen LogP contribution in [0.15, 0.2) is 92.6 Å². The molecule has 2 aliphatic heterocycles. The van der Waals surface area contributed by atoms with Crippen LogP contribution in [0.2, 0.25) is 0 Å². The molecular weight excluding hydrogens is 591 g/mol. The van der Waals surface area contributed by atoms with Gasteiger partial charge in [-0.15, -0.1) is 0 Å². The zero-order valence-electron chi connectivity index (χ0n) is 24.2. The summed E-state index contributed by atoms with van der Waals surface area (Å²) < 4.78 is 2.19. The molecule has 2 unspecified atom stereocenters. The fourth-order valence-electron chi connectivity index (χ4n) is 4.45. The van der Waals surface area contributed by atoms with Gasteiger partial charge in [-0.2, -0.15) is 0 Å². The lowest BCUT2D eigenvalue weighted by molar-refractivity contribution is 1.11. The summed E-state index contributed by atoms with van der Waals surface area (Å²) in [6.45, 7) is 0. The van der Waals surface area contributed by atoms with Gasteiger partial charge >= 0.3 is 0 Å². The van der Waals surface area contributed by atoms with Crippen LogP contribution in [0, 0.1) is 9.02 Å². The molecule has 0 saturated heterocycles. The van der Waals surface area contributed by atoms with Crippen molar-refractivity contribution in [3.05, 3.63) is 92.5 Å². The van der Waals surface area contributed by atoms with Crippen LogP contribution in [0.3, 0.4) is 0 Å². The predicted octanol–water partition coefficient (Wildman–Crippen LogP) is 7.61. The van der Waals surface area contributed by atoms with Crippen molar-refractivity contribution in [1.29, 1.82) is 0 Å². The highest BCUT2D eigenvalue weighted by atomic mass is 35.7. The Morgan fingerprint density at radius 2 is 0.976 bits per heavy atom. The zero-order valence-corrected chi connectivity index (χ0v) is 27.4. The van der Waals surface area contributed by atoms with Crippen molar-refractivity contribution in [2.75, 3.05) is 69.4 Å². The first kappa shape index (κ1) is 29.5. The number of nitrogens with zero attached hydrogens (tertiary/aromatic N) is 5. The maximum Gasteiger partial charge on any atom is 0.0781 e. The molecule has 41 heavy (non-hydrogen) atoms. The van der Waals surface area contributed by atoms with E-state index in [1.807, 2.05) is 67.5 Å². The summed E-state index contributed by atoms with van der Waals surface area (Å²) in [7, 11) is 26.6.